The van der Waals surface area contributed by atoms with Crippen molar-refractivity contribution in [2.75, 3.05) is 52.5 Å². The van der Waals surface area contributed by atoms with E-state index in [2.05, 4.69) is 61.0 Å². The van der Waals surface area contributed by atoms with Gasteiger partial charge in [-0.25, -0.2) is 4.68 Å². The van der Waals surface area contributed by atoms with Gasteiger partial charge in [0.15, 0.2) is 5.82 Å². The van der Waals surface area contributed by atoms with Crippen molar-refractivity contribution < 1.29 is 9.53 Å². The van der Waals surface area contributed by atoms with E-state index in [-0.39, 0.29) is 5.91 Å². The highest BCUT2D eigenvalue weighted by Crippen LogP contribution is 2.26. The first-order chi connectivity index (χ1) is 14.8. The van der Waals surface area contributed by atoms with Crippen molar-refractivity contribution >= 4 is 5.91 Å². The number of ether oxygens (including phenoxy) is 1. The second kappa shape index (κ2) is 10.6. The highest BCUT2D eigenvalue weighted by atomic mass is 16.5. The predicted molar refractivity (Wildman–Crippen MR) is 112 cm³/mol. The first-order valence-corrected chi connectivity index (χ1v) is 10.9. The molecule has 0 spiro atoms. The number of amides is 1. The molecule has 2 saturated heterocycles. The van der Waals surface area contributed by atoms with Gasteiger partial charge in [0.25, 0.3) is 0 Å². The lowest BCUT2D eigenvalue weighted by Gasteiger charge is -2.25. The van der Waals surface area contributed by atoms with E-state index < -0.39 is 0 Å². The van der Waals surface area contributed by atoms with Crippen LogP contribution in [-0.4, -0.2) is 88.4 Å². The number of rotatable bonds is 9. The van der Waals surface area contributed by atoms with Crippen molar-refractivity contribution in [1.82, 2.24) is 35.3 Å². The zero-order valence-electron chi connectivity index (χ0n) is 17.4. The molecule has 1 aromatic carbocycles. The SMILES string of the molecule is O=C(CCn1nnnc1CN1CCOCC1)NCCN1CCC(c2ccccc2)C1. The van der Waals surface area contributed by atoms with Gasteiger partial charge in [0, 0.05) is 39.1 Å². The average molecular weight is 414 g/mol. The molecule has 1 atom stereocenters. The topological polar surface area (TPSA) is 88.4 Å². The van der Waals surface area contributed by atoms with Crippen LogP contribution in [0.15, 0.2) is 30.3 Å². The third-order valence-corrected chi connectivity index (χ3v) is 5.92. The maximum absolute atomic E-state index is 12.3. The minimum Gasteiger partial charge on any atom is -0.379 e. The van der Waals surface area contributed by atoms with Gasteiger partial charge in [-0.05, 0) is 34.9 Å². The van der Waals surface area contributed by atoms with Crippen LogP contribution in [0.25, 0.3) is 0 Å². The average Bonchev–Trinajstić information content (AvgIpc) is 3.43. The highest BCUT2D eigenvalue weighted by Gasteiger charge is 2.23. The van der Waals surface area contributed by atoms with Crippen molar-refractivity contribution in [2.45, 2.75) is 31.8 Å². The third kappa shape index (κ3) is 5.84. The molecule has 9 nitrogen and oxygen atoms in total. The van der Waals surface area contributed by atoms with Gasteiger partial charge in [0.1, 0.15) is 0 Å². The zero-order valence-corrected chi connectivity index (χ0v) is 17.4. The molecular formula is C21H31N7O2. The molecular weight excluding hydrogens is 382 g/mol. The maximum atomic E-state index is 12.3. The van der Waals surface area contributed by atoms with Crippen LogP contribution in [0, 0.1) is 0 Å². The van der Waals surface area contributed by atoms with E-state index in [0.29, 0.717) is 32.0 Å². The summed E-state index contributed by atoms with van der Waals surface area (Å²) in [6.07, 6.45) is 1.57. The Morgan fingerprint density at radius 3 is 2.77 bits per heavy atom. The Labute approximate surface area is 177 Å². The molecule has 2 aliphatic rings. The van der Waals surface area contributed by atoms with Crippen molar-refractivity contribution in [3.8, 4) is 0 Å². The highest BCUT2D eigenvalue weighted by molar-refractivity contribution is 5.75. The number of tetrazole rings is 1. The van der Waals surface area contributed by atoms with Gasteiger partial charge in [0.2, 0.25) is 5.91 Å². The van der Waals surface area contributed by atoms with E-state index >= 15 is 0 Å². The molecule has 0 radical (unpaired) electrons. The van der Waals surface area contributed by atoms with Crippen LogP contribution >= 0.6 is 0 Å². The fourth-order valence-corrected chi connectivity index (χ4v) is 4.15. The van der Waals surface area contributed by atoms with E-state index in [9.17, 15) is 4.79 Å². The first-order valence-electron chi connectivity index (χ1n) is 10.9. The normalized spacial score (nSPS) is 20.5. The molecule has 1 aromatic heterocycles. The number of carbonyl (C=O) groups is 1. The van der Waals surface area contributed by atoms with Crippen molar-refractivity contribution in [1.29, 1.82) is 0 Å². The number of hydrogen-bond donors (Lipinski definition) is 1. The number of morpholine rings is 1. The van der Waals surface area contributed by atoms with E-state index in [4.69, 9.17) is 4.74 Å². The summed E-state index contributed by atoms with van der Waals surface area (Å²) < 4.78 is 7.11. The van der Waals surface area contributed by atoms with E-state index in [1.165, 1.54) is 12.0 Å². The first kappa shape index (κ1) is 20.9. The second-order valence-corrected chi connectivity index (χ2v) is 8.00. The Kier molecular flexibility index (Phi) is 7.39. The summed E-state index contributed by atoms with van der Waals surface area (Å²) in [4.78, 5) is 17.0. The third-order valence-electron chi connectivity index (χ3n) is 5.92. The molecule has 4 rings (SSSR count). The fourth-order valence-electron chi connectivity index (χ4n) is 4.15. The second-order valence-electron chi connectivity index (χ2n) is 8.00. The molecule has 1 N–H and O–H groups in total. The van der Waals surface area contributed by atoms with Crippen LogP contribution in [0.3, 0.4) is 0 Å². The van der Waals surface area contributed by atoms with Gasteiger partial charge in [0.05, 0.1) is 26.3 Å². The number of nitrogens with zero attached hydrogens (tertiary/aromatic N) is 6. The Hall–Kier alpha value is -2.36. The zero-order chi connectivity index (χ0) is 20.6. The van der Waals surface area contributed by atoms with Crippen molar-refractivity contribution in [2.24, 2.45) is 0 Å². The molecule has 0 saturated carbocycles. The number of aryl methyl sites for hydroxylation is 1. The number of carbonyl (C=O) groups excluding carboxylic acids is 1. The summed E-state index contributed by atoms with van der Waals surface area (Å²) in [6.45, 7) is 8.16. The standard InChI is InChI=1S/C21H31N7O2/c29-21(7-10-28-20(23-24-25-28)17-27-12-14-30-15-13-27)22-8-11-26-9-6-19(16-26)18-4-2-1-3-5-18/h1-5,19H,6-17H2,(H,22,29). The number of benzene rings is 1. The molecule has 9 heteroatoms. The minimum absolute atomic E-state index is 0.0432. The summed E-state index contributed by atoms with van der Waals surface area (Å²) in [5.41, 5.74) is 1.42. The molecule has 162 valence electrons. The van der Waals surface area contributed by atoms with Crippen molar-refractivity contribution in [3.05, 3.63) is 41.7 Å². The van der Waals surface area contributed by atoms with Crippen LogP contribution < -0.4 is 5.32 Å². The number of hydrogen-bond acceptors (Lipinski definition) is 7. The van der Waals surface area contributed by atoms with E-state index in [1.54, 1.807) is 4.68 Å². The Bertz CT molecular complexity index is 792. The van der Waals surface area contributed by atoms with Gasteiger partial charge >= 0.3 is 0 Å². The lowest BCUT2D eigenvalue weighted by atomic mass is 9.99. The van der Waals surface area contributed by atoms with E-state index in [0.717, 1.165) is 51.8 Å². The Morgan fingerprint density at radius 2 is 1.93 bits per heavy atom. The quantitative estimate of drug-likeness (QED) is 0.640. The predicted octanol–water partition coefficient (Wildman–Crippen LogP) is 0.501. The Balaban J connectivity index is 1.14. The maximum Gasteiger partial charge on any atom is 0.221 e. The van der Waals surface area contributed by atoms with Gasteiger partial charge in [-0.1, -0.05) is 30.3 Å². The molecule has 2 aliphatic heterocycles. The molecule has 0 aliphatic carbocycles. The summed E-state index contributed by atoms with van der Waals surface area (Å²) in [5, 5.41) is 15.0. The van der Waals surface area contributed by atoms with Gasteiger partial charge < -0.3 is 15.0 Å². The Morgan fingerprint density at radius 1 is 1.10 bits per heavy atom. The summed E-state index contributed by atoms with van der Waals surface area (Å²) in [7, 11) is 0. The van der Waals surface area contributed by atoms with Crippen LogP contribution in [0.4, 0.5) is 0 Å². The summed E-state index contributed by atoms with van der Waals surface area (Å²) in [6, 6.07) is 10.7. The van der Waals surface area contributed by atoms with Gasteiger partial charge in [-0.3, -0.25) is 9.69 Å². The van der Waals surface area contributed by atoms with Crippen molar-refractivity contribution in [3.63, 3.8) is 0 Å². The smallest absolute Gasteiger partial charge is 0.221 e. The van der Waals surface area contributed by atoms with Crippen LogP contribution in [0.2, 0.25) is 0 Å². The van der Waals surface area contributed by atoms with Gasteiger partial charge in [-0.15, -0.1) is 5.10 Å². The number of aromatic nitrogens is 4. The molecule has 1 unspecified atom stereocenters. The fraction of sp³-hybridized carbons (Fsp3) is 0.619. The van der Waals surface area contributed by atoms with E-state index in [1.807, 2.05) is 0 Å². The number of nitrogens with one attached hydrogen (secondary N) is 1. The lowest BCUT2D eigenvalue weighted by Crippen LogP contribution is -2.36. The molecule has 2 aromatic rings. The lowest BCUT2D eigenvalue weighted by molar-refractivity contribution is -0.121. The molecule has 0 bridgehead atoms. The van der Waals surface area contributed by atoms with Gasteiger partial charge in [-0.2, -0.15) is 0 Å². The van der Waals surface area contributed by atoms with Crippen LogP contribution in [-0.2, 0) is 22.6 Å². The molecule has 3 heterocycles. The van der Waals surface area contributed by atoms with Crippen LogP contribution in [0.5, 0.6) is 0 Å². The summed E-state index contributed by atoms with van der Waals surface area (Å²) in [5.74, 6) is 1.45. The van der Waals surface area contributed by atoms with Crippen LogP contribution in [0.1, 0.15) is 30.1 Å². The minimum atomic E-state index is 0.0432. The monoisotopic (exact) mass is 413 g/mol. The number of likely N-dealkylation sites (tertiary alicyclic amines) is 1. The molecule has 2 fully saturated rings. The molecule has 1 amide bonds. The molecule has 30 heavy (non-hydrogen) atoms. The largest absolute Gasteiger partial charge is 0.379 e. The summed E-state index contributed by atoms with van der Waals surface area (Å²) >= 11 is 0.